The molecule has 0 aliphatic heterocycles. The van der Waals surface area contributed by atoms with Crippen LogP contribution in [0.1, 0.15) is 42.1 Å². The largest absolute Gasteiger partial charge is 0.451 e. The first-order chi connectivity index (χ1) is 20.6. The molecule has 0 bridgehead atoms. The molecule has 11 nitrogen and oxygen atoms in total. The van der Waals surface area contributed by atoms with Gasteiger partial charge >= 0.3 is 5.97 Å². The van der Waals surface area contributed by atoms with Gasteiger partial charge in [-0.1, -0.05) is 97.9 Å². The molecule has 1 amide bonds. The summed E-state index contributed by atoms with van der Waals surface area (Å²) < 4.78 is 5.86. The number of aliphatic hydroxyl groups excluding tert-OH is 4. The minimum absolute atomic E-state index is 0.259. The van der Waals surface area contributed by atoms with Gasteiger partial charge in [0.05, 0.1) is 24.6 Å². The second kappa shape index (κ2) is 16.0. The van der Waals surface area contributed by atoms with E-state index in [9.17, 15) is 34.8 Å². The van der Waals surface area contributed by atoms with Crippen LogP contribution in [-0.2, 0) is 19.1 Å². The summed E-state index contributed by atoms with van der Waals surface area (Å²) in [6.07, 6.45) is -6.99. The summed E-state index contributed by atoms with van der Waals surface area (Å²) in [5.74, 6) is -4.22. The zero-order valence-corrected chi connectivity index (χ0v) is 23.8. The molecular weight excluding hydrogens is 554 g/mol. The van der Waals surface area contributed by atoms with Crippen molar-refractivity contribution in [1.82, 2.24) is 5.32 Å². The van der Waals surface area contributed by atoms with Gasteiger partial charge in [-0.05, 0) is 23.1 Å². The van der Waals surface area contributed by atoms with Gasteiger partial charge in [-0.3, -0.25) is 14.4 Å². The maximum absolute atomic E-state index is 13.7. The zero-order valence-electron chi connectivity index (χ0n) is 23.8. The van der Waals surface area contributed by atoms with Gasteiger partial charge in [-0.2, -0.15) is 0 Å². The third-order valence-corrected chi connectivity index (χ3v) is 7.21. The van der Waals surface area contributed by atoms with Crippen molar-refractivity contribution in [2.45, 2.75) is 61.8 Å². The fourth-order valence-corrected chi connectivity index (χ4v) is 4.62. The summed E-state index contributed by atoms with van der Waals surface area (Å²) in [6, 6.07) is 21.8. The number of Topliss-reactive ketones (excluding diaryl/α,β-unsaturated/α-hetero) is 1. The molecule has 0 saturated heterocycles. The SMILES string of the molecule is CC[C@H](N)C(=O)N[C@@H](CO)[C@@H](O)[C@@H](O)[C@H](O)C(=O)C(c1ccccc1)[C@H](N)C(=O)OC(c1ccccc1)c1ccccc1. The van der Waals surface area contributed by atoms with Crippen molar-refractivity contribution in [3.8, 4) is 0 Å². The van der Waals surface area contributed by atoms with E-state index in [1.165, 1.54) is 12.1 Å². The van der Waals surface area contributed by atoms with Crippen molar-refractivity contribution in [2.75, 3.05) is 6.61 Å². The van der Waals surface area contributed by atoms with Gasteiger partial charge in [0.15, 0.2) is 11.9 Å². The fourth-order valence-electron chi connectivity index (χ4n) is 4.62. The van der Waals surface area contributed by atoms with E-state index in [4.69, 9.17) is 16.2 Å². The summed E-state index contributed by atoms with van der Waals surface area (Å²) >= 11 is 0. The Kier molecular flexibility index (Phi) is 12.5. The molecule has 0 spiro atoms. The highest BCUT2D eigenvalue weighted by Crippen LogP contribution is 2.29. The van der Waals surface area contributed by atoms with Crippen LogP contribution in [0.25, 0.3) is 0 Å². The van der Waals surface area contributed by atoms with Crippen molar-refractivity contribution in [3.63, 3.8) is 0 Å². The average molecular weight is 594 g/mol. The quantitative estimate of drug-likeness (QED) is 0.120. The molecule has 1 unspecified atom stereocenters. The molecule has 9 N–H and O–H groups in total. The molecule has 3 rings (SSSR count). The van der Waals surface area contributed by atoms with E-state index in [0.717, 1.165) is 0 Å². The summed E-state index contributed by atoms with van der Waals surface area (Å²) in [7, 11) is 0. The molecule has 0 aromatic heterocycles. The van der Waals surface area contributed by atoms with E-state index >= 15 is 0 Å². The van der Waals surface area contributed by atoms with Gasteiger partial charge in [0, 0.05) is 0 Å². The Morgan fingerprint density at radius 2 is 1.23 bits per heavy atom. The lowest BCUT2D eigenvalue weighted by atomic mass is 9.83. The molecule has 11 heteroatoms. The van der Waals surface area contributed by atoms with Crippen LogP contribution in [0.2, 0.25) is 0 Å². The minimum Gasteiger partial charge on any atom is -0.451 e. The smallest absolute Gasteiger partial charge is 0.324 e. The number of ether oxygens (including phenoxy) is 1. The molecule has 43 heavy (non-hydrogen) atoms. The molecule has 0 heterocycles. The van der Waals surface area contributed by atoms with Gasteiger partial charge in [0.1, 0.15) is 24.4 Å². The molecule has 0 aliphatic rings. The highest BCUT2D eigenvalue weighted by Gasteiger charge is 2.43. The maximum atomic E-state index is 13.7. The predicted molar refractivity (Wildman–Crippen MR) is 158 cm³/mol. The van der Waals surface area contributed by atoms with E-state index in [2.05, 4.69) is 5.32 Å². The Morgan fingerprint density at radius 1 is 0.767 bits per heavy atom. The predicted octanol–water partition coefficient (Wildman–Crippen LogP) is 0.297. The lowest BCUT2D eigenvalue weighted by molar-refractivity contribution is -0.154. The molecule has 7 atom stereocenters. The molecule has 0 aliphatic carbocycles. The number of hydrogen-bond donors (Lipinski definition) is 7. The molecule has 3 aromatic carbocycles. The third-order valence-electron chi connectivity index (χ3n) is 7.21. The number of nitrogens with two attached hydrogens (primary N) is 2. The van der Waals surface area contributed by atoms with Crippen LogP contribution >= 0.6 is 0 Å². The number of aliphatic hydroxyl groups is 4. The standard InChI is InChI=1S/C32H39N3O8/c1-2-22(33)31(41)35-23(18-36)26(37)28(39)29(40)27(38)24(19-12-6-3-7-13-19)25(34)32(42)43-30(20-14-8-4-9-15-20)21-16-10-5-11-17-21/h3-17,22-26,28-30,36-37,39-40H,2,18,33-34H2,1H3,(H,35,41)/t22-,23-,24?,25-,26+,28+,29+/m0/s1. The van der Waals surface area contributed by atoms with Crippen LogP contribution < -0.4 is 16.8 Å². The fraction of sp³-hybridized carbons (Fsp3) is 0.344. The summed E-state index contributed by atoms with van der Waals surface area (Å²) in [5.41, 5.74) is 13.6. The summed E-state index contributed by atoms with van der Waals surface area (Å²) in [5, 5.41) is 44.3. The number of rotatable bonds is 15. The van der Waals surface area contributed by atoms with Crippen molar-refractivity contribution in [1.29, 1.82) is 0 Å². The number of ketones is 1. The lowest BCUT2D eigenvalue weighted by Crippen LogP contribution is -2.58. The zero-order chi connectivity index (χ0) is 31.5. The van der Waals surface area contributed by atoms with E-state index in [1.807, 2.05) is 12.1 Å². The number of esters is 1. The second-order valence-corrected chi connectivity index (χ2v) is 10.2. The molecular formula is C32H39N3O8. The number of nitrogens with one attached hydrogen (secondary N) is 1. The Balaban J connectivity index is 1.87. The second-order valence-electron chi connectivity index (χ2n) is 10.2. The van der Waals surface area contributed by atoms with Crippen molar-refractivity contribution < 1.29 is 39.5 Å². The maximum Gasteiger partial charge on any atom is 0.324 e. The van der Waals surface area contributed by atoms with Gasteiger partial charge in [0.2, 0.25) is 5.91 Å². The summed E-state index contributed by atoms with van der Waals surface area (Å²) in [4.78, 5) is 39.4. The van der Waals surface area contributed by atoms with E-state index in [0.29, 0.717) is 11.1 Å². The normalized spacial score (nSPS) is 16.3. The van der Waals surface area contributed by atoms with Gasteiger partial charge in [-0.25, -0.2) is 0 Å². The van der Waals surface area contributed by atoms with Crippen LogP contribution in [0, 0.1) is 0 Å². The van der Waals surface area contributed by atoms with E-state index in [1.54, 1.807) is 73.7 Å². The third kappa shape index (κ3) is 8.54. The van der Waals surface area contributed by atoms with Gasteiger partial charge < -0.3 is 41.9 Å². The van der Waals surface area contributed by atoms with Crippen molar-refractivity contribution in [2.24, 2.45) is 11.5 Å². The van der Waals surface area contributed by atoms with Crippen LogP contribution in [0.15, 0.2) is 91.0 Å². The monoisotopic (exact) mass is 593 g/mol. The van der Waals surface area contributed by atoms with Crippen molar-refractivity contribution >= 4 is 17.7 Å². The Hall–Kier alpha value is -3.97. The number of carbonyl (C=O) groups is 3. The Morgan fingerprint density at radius 3 is 1.67 bits per heavy atom. The lowest BCUT2D eigenvalue weighted by Gasteiger charge is -2.32. The Bertz CT molecular complexity index is 1270. The summed E-state index contributed by atoms with van der Waals surface area (Å²) in [6.45, 7) is 0.835. The number of benzene rings is 3. The molecule has 0 radical (unpaired) electrons. The van der Waals surface area contributed by atoms with Gasteiger partial charge in [-0.15, -0.1) is 0 Å². The minimum atomic E-state index is -2.26. The van der Waals surface area contributed by atoms with Crippen LogP contribution in [0.3, 0.4) is 0 Å². The highest BCUT2D eigenvalue weighted by atomic mass is 16.5. The number of amides is 1. The van der Waals surface area contributed by atoms with E-state index < -0.39 is 72.7 Å². The van der Waals surface area contributed by atoms with E-state index in [-0.39, 0.29) is 12.0 Å². The Labute approximate surface area is 250 Å². The number of carbonyl (C=O) groups excluding carboxylic acids is 3. The van der Waals surface area contributed by atoms with Crippen LogP contribution in [-0.4, -0.2) is 81.1 Å². The molecule has 0 saturated carbocycles. The highest BCUT2D eigenvalue weighted by molar-refractivity contribution is 5.95. The first kappa shape index (κ1) is 33.5. The molecule has 0 fully saturated rings. The first-order valence-electron chi connectivity index (χ1n) is 14.0. The molecule has 3 aromatic rings. The van der Waals surface area contributed by atoms with Crippen LogP contribution in [0.5, 0.6) is 0 Å². The number of hydrogen-bond acceptors (Lipinski definition) is 10. The average Bonchev–Trinajstić information content (AvgIpc) is 3.05. The topological polar surface area (TPSA) is 205 Å². The first-order valence-corrected chi connectivity index (χ1v) is 14.0. The van der Waals surface area contributed by atoms with Crippen LogP contribution in [0.4, 0.5) is 0 Å². The molecule has 230 valence electrons. The van der Waals surface area contributed by atoms with Crippen molar-refractivity contribution in [3.05, 3.63) is 108 Å². The van der Waals surface area contributed by atoms with Gasteiger partial charge in [0.25, 0.3) is 0 Å².